The fourth-order valence-corrected chi connectivity index (χ4v) is 2.42. The highest BCUT2D eigenvalue weighted by Crippen LogP contribution is 2.07. The molecule has 1 rings (SSSR count). The van der Waals surface area contributed by atoms with Crippen LogP contribution in [0, 0.1) is 0 Å². The van der Waals surface area contributed by atoms with E-state index in [2.05, 4.69) is 42.5 Å². The second-order valence-electron chi connectivity index (χ2n) is 4.32. The first-order valence-electron chi connectivity index (χ1n) is 6.46. The Labute approximate surface area is 110 Å². The van der Waals surface area contributed by atoms with E-state index in [1.54, 1.807) is 0 Å². The Kier molecular flexibility index (Phi) is 7.29. The molecule has 2 nitrogen and oxygen atoms in total. The van der Waals surface area contributed by atoms with E-state index in [9.17, 15) is 0 Å². The predicted molar refractivity (Wildman–Crippen MR) is 77.8 cm³/mol. The number of hydrogen-bond acceptors (Lipinski definition) is 3. The summed E-state index contributed by atoms with van der Waals surface area (Å²) in [6.07, 6.45) is 7.45. The van der Waals surface area contributed by atoms with Crippen molar-refractivity contribution in [1.82, 2.24) is 10.3 Å². The maximum atomic E-state index is 4.53. The molecule has 0 aliphatic rings. The lowest BCUT2D eigenvalue weighted by Crippen LogP contribution is -2.34. The molecule has 1 N–H and O–H groups in total. The van der Waals surface area contributed by atoms with Gasteiger partial charge in [-0.2, -0.15) is 11.8 Å². The molecule has 0 aliphatic heterocycles. The molecule has 1 unspecified atom stereocenters. The maximum absolute atomic E-state index is 4.53. The summed E-state index contributed by atoms with van der Waals surface area (Å²) in [6, 6.07) is 4.91. The standard InChI is InChI=1S/C14H24N2S/c1-4-8-15-14(11-17-3)9-13-7-6-12(5-2)10-16-13/h6-7,10,14-15H,4-5,8-9,11H2,1-3H3. The minimum Gasteiger partial charge on any atom is -0.313 e. The van der Waals surface area contributed by atoms with Crippen molar-refractivity contribution < 1.29 is 0 Å². The fourth-order valence-electron chi connectivity index (χ4n) is 1.78. The summed E-state index contributed by atoms with van der Waals surface area (Å²) in [5, 5.41) is 3.59. The number of nitrogens with zero attached hydrogens (tertiary/aromatic N) is 1. The molecular weight excluding hydrogens is 228 g/mol. The average molecular weight is 252 g/mol. The number of thioether (sulfide) groups is 1. The van der Waals surface area contributed by atoms with E-state index in [0.29, 0.717) is 6.04 Å². The molecule has 1 aromatic heterocycles. The SMILES string of the molecule is CCCNC(CSC)Cc1ccc(CC)cn1. The molecule has 0 bridgehead atoms. The quantitative estimate of drug-likeness (QED) is 0.770. The Morgan fingerprint density at radius 1 is 1.35 bits per heavy atom. The normalized spacial score (nSPS) is 12.6. The number of hydrogen-bond donors (Lipinski definition) is 1. The van der Waals surface area contributed by atoms with Gasteiger partial charge in [0.15, 0.2) is 0 Å². The second-order valence-corrected chi connectivity index (χ2v) is 5.23. The molecule has 17 heavy (non-hydrogen) atoms. The first-order chi connectivity index (χ1) is 8.30. The summed E-state index contributed by atoms with van der Waals surface area (Å²) in [4.78, 5) is 4.53. The van der Waals surface area contributed by atoms with E-state index in [-0.39, 0.29) is 0 Å². The van der Waals surface area contributed by atoms with E-state index >= 15 is 0 Å². The summed E-state index contributed by atoms with van der Waals surface area (Å²) in [6.45, 7) is 5.46. The smallest absolute Gasteiger partial charge is 0.0419 e. The topological polar surface area (TPSA) is 24.9 Å². The van der Waals surface area contributed by atoms with Gasteiger partial charge in [0.25, 0.3) is 0 Å². The lowest BCUT2D eigenvalue weighted by molar-refractivity contribution is 0.545. The summed E-state index contributed by atoms with van der Waals surface area (Å²) in [5.74, 6) is 1.15. The Morgan fingerprint density at radius 3 is 2.71 bits per heavy atom. The molecule has 0 saturated heterocycles. The third-order valence-electron chi connectivity index (χ3n) is 2.80. The fraction of sp³-hybridized carbons (Fsp3) is 0.643. The number of aryl methyl sites for hydroxylation is 1. The monoisotopic (exact) mass is 252 g/mol. The molecule has 1 heterocycles. The molecule has 3 heteroatoms. The molecule has 0 amide bonds. The molecule has 1 aromatic rings. The van der Waals surface area contributed by atoms with Gasteiger partial charge in [0.05, 0.1) is 0 Å². The van der Waals surface area contributed by atoms with Gasteiger partial charge in [0.2, 0.25) is 0 Å². The van der Waals surface area contributed by atoms with Crippen molar-refractivity contribution in [2.24, 2.45) is 0 Å². The van der Waals surface area contributed by atoms with Crippen molar-refractivity contribution in [3.05, 3.63) is 29.6 Å². The summed E-state index contributed by atoms with van der Waals surface area (Å²) in [7, 11) is 0. The van der Waals surface area contributed by atoms with E-state index in [4.69, 9.17) is 0 Å². The van der Waals surface area contributed by atoms with Gasteiger partial charge in [-0.05, 0) is 37.3 Å². The van der Waals surface area contributed by atoms with Gasteiger partial charge in [-0.3, -0.25) is 4.98 Å². The van der Waals surface area contributed by atoms with Crippen LogP contribution in [0.2, 0.25) is 0 Å². The van der Waals surface area contributed by atoms with Crippen LogP contribution in [0.3, 0.4) is 0 Å². The van der Waals surface area contributed by atoms with E-state index in [1.807, 2.05) is 18.0 Å². The zero-order valence-corrected chi connectivity index (χ0v) is 12.0. The minimum atomic E-state index is 0.546. The molecule has 0 radical (unpaired) electrons. The third-order valence-corrected chi connectivity index (χ3v) is 3.54. The Hall–Kier alpha value is -0.540. The third kappa shape index (κ3) is 5.55. The molecule has 0 saturated carbocycles. The van der Waals surface area contributed by atoms with Crippen molar-refractivity contribution in [3.8, 4) is 0 Å². The Balaban J connectivity index is 2.51. The highest BCUT2D eigenvalue weighted by molar-refractivity contribution is 7.98. The predicted octanol–water partition coefficient (Wildman–Crippen LogP) is 2.92. The van der Waals surface area contributed by atoms with Crippen LogP contribution in [0.25, 0.3) is 0 Å². The van der Waals surface area contributed by atoms with Gasteiger partial charge in [0, 0.05) is 30.1 Å². The van der Waals surface area contributed by atoms with Gasteiger partial charge in [-0.15, -0.1) is 0 Å². The Morgan fingerprint density at radius 2 is 2.18 bits per heavy atom. The van der Waals surface area contributed by atoms with E-state index in [1.165, 1.54) is 17.7 Å². The van der Waals surface area contributed by atoms with Crippen LogP contribution in [0.1, 0.15) is 31.5 Å². The summed E-state index contributed by atoms with van der Waals surface area (Å²) >= 11 is 1.90. The number of pyridine rings is 1. The van der Waals surface area contributed by atoms with Crippen LogP contribution in [0.15, 0.2) is 18.3 Å². The van der Waals surface area contributed by atoms with Crippen LogP contribution in [0.4, 0.5) is 0 Å². The first kappa shape index (κ1) is 14.5. The molecular formula is C14H24N2S. The minimum absolute atomic E-state index is 0.546. The van der Waals surface area contributed by atoms with Gasteiger partial charge < -0.3 is 5.32 Å². The average Bonchev–Trinajstić information content (AvgIpc) is 2.37. The molecule has 0 spiro atoms. The Bertz CT molecular complexity index is 298. The van der Waals surface area contributed by atoms with Crippen LogP contribution >= 0.6 is 11.8 Å². The highest BCUT2D eigenvalue weighted by Gasteiger charge is 2.08. The van der Waals surface area contributed by atoms with Crippen molar-refractivity contribution in [2.75, 3.05) is 18.6 Å². The van der Waals surface area contributed by atoms with Crippen LogP contribution in [0.5, 0.6) is 0 Å². The number of nitrogens with one attached hydrogen (secondary N) is 1. The molecule has 1 atom stereocenters. The number of aromatic nitrogens is 1. The van der Waals surface area contributed by atoms with Crippen LogP contribution in [-0.4, -0.2) is 29.6 Å². The van der Waals surface area contributed by atoms with Gasteiger partial charge >= 0.3 is 0 Å². The molecule has 96 valence electrons. The van der Waals surface area contributed by atoms with Crippen molar-refractivity contribution in [3.63, 3.8) is 0 Å². The largest absolute Gasteiger partial charge is 0.313 e. The lowest BCUT2D eigenvalue weighted by Gasteiger charge is -2.17. The molecule has 0 aliphatic carbocycles. The molecule has 0 fully saturated rings. The van der Waals surface area contributed by atoms with E-state index < -0.39 is 0 Å². The van der Waals surface area contributed by atoms with Gasteiger partial charge in [-0.1, -0.05) is 19.9 Å². The summed E-state index contributed by atoms with van der Waals surface area (Å²) in [5.41, 5.74) is 2.52. The maximum Gasteiger partial charge on any atom is 0.0419 e. The lowest BCUT2D eigenvalue weighted by atomic mass is 10.1. The second kappa shape index (κ2) is 8.54. The van der Waals surface area contributed by atoms with Crippen LogP contribution < -0.4 is 5.32 Å². The van der Waals surface area contributed by atoms with Gasteiger partial charge in [0.1, 0.15) is 0 Å². The first-order valence-corrected chi connectivity index (χ1v) is 7.85. The van der Waals surface area contributed by atoms with Crippen LogP contribution in [-0.2, 0) is 12.8 Å². The zero-order valence-electron chi connectivity index (χ0n) is 11.2. The van der Waals surface area contributed by atoms with Gasteiger partial charge in [-0.25, -0.2) is 0 Å². The number of rotatable bonds is 8. The highest BCUT2D eigenvalue weighted by atomic mass is 32.2. The molecule has 0 aromatic carbocycles. The van der Waals surface area contributed by atoms with Crippen molar-refractivity contribution >= 4 is 11.8 Å². The van der Waals surface area contributed by atoms with Crippen molar-refractivity contribution in [2.45, 2.75) is 39.2 Å². The zero-order chi connectivity index (χ0) is 12.5. The van der Waals surface area contributed by atoms with E-state index in [0.717, 1.165) is 25.1 Å². The van der Waals surface area contributed by atoms with Crippen molar-refractivity contribution in [1.29, 1.82) is 0 Å². The summed E-state index contributed by atoms with van der Waals surface area (Å²) < 4.78 is 0.